The lowest BCUT2D eigenvalue weighted by Crippen LogP contribution is -2.47. The van der Waals surface area contributed by atoms with Gasteiger partial charge in [0.15, 0.2) is 0 Å². The largest absolute Gasteiger partial charge is 0.378 e. The van der Waals surface area contributed by atoms with Crippen molar-refractivity contribution in [2.75, 3.05) is 39.4 Å². The Kier molecular flexibility index (Phi) is 6.17. The number of aromatic nitrogens is 2. The van der Waals surface area contributed by atoms with E-state index in [1.165, 1.54) is 25.2 Å². The first-order valence-electron chi connectivity index (χ1n) is 10.4. The van der Waals surface area contributed by atoms with Gasteiger partial charge >= 0.3 is 0 Å². The predicted molar refractivity (Wildman–Crippen MR) is 103 cm³/mol. The number of nitrogens with zero attached hydrogens (tertiary/aromatic N) is 4. The van der Waals surface area contributed by atoms with Crippen molar-refractivity contribution in [1.29, 1.82) is 0 Å². The Bertz CT molecular complexity index is 676. The van der Waals surface area contributed by atoms with Crippen LogP contribution < -0.4 is 5.32 Å². The minimum atomic E-state index is -0.188. The number of hydrogen-bond acceptors (Lipinski definition) is 6. The van der Waals surface area contributed by atoms with Gasteiger partial charge in [-0.15, -0.1) is 0 Å². The first kappa shape index (κ1) is 19.3. The van der Waals surface area contributed by atoms with Crippen LogP contribution in [0.3, 0.4) is 0 Å². The van der Waals surface area contributed by atoms with E-state index in [2.05, 4.69) is 20.2 Å². The van der Waals surface area contributed by atoms with Crippen LogP contribution in [0.25, 0.3) is 0 Å². The summed E-state index contributed by atoms with van der Waals surface area (Å²) in [6, 6.07) is 0.554. The highest BCUT2D eigenvalue weighted by molar-refractivity contribution is 5.91. The maximum absolute atomic E-state index is 12.7. The van der Waals surface area contributed by atoms with Crippen LogP contribution >= 0.6 is 0 Å². The van der Waals surface area contributed by atoms with Crippen molar-refractivity contribution in [1.82, 2.24) is 25.1 Å². The van der Waals surface area contributed by atoms with Crippen molar-refractivity contribution in [3.05, 3.63) is 24.3 Å². The molecule has 1 aromatic heterocycles. The molecule has 8 nitrogen and oxygen atoms in total. The van der Waals surface area contributed by atoms with Gasteiger partial charge in [0.2, 0.25) is 5.91 Å². The zero-order valence-corrected chi connectivity index (χ0v) is 16.3. The molecule has 0 bridgehead atoms. The van der Waals surface area contributed by atoms with Gasteiger partial charge in [0.25, 0.3) is 5.91 Å². The summed E-state index contributed by atoms with van der Waals surface area (Å²) in [5.41, 5.74) is 0.341. The highest BCUT2D eigenvalue weighted by Gasteiger charge is 2.38. The zero-order valence-electron chi connectivity index (χ0n) is 16.3. The number of hydrogen-bond donors (Lipinski definition) is 1. The number of rotatable bonds is 7. The minimum Gasteiger partial charge on any atom is -0.378 e. The van der Waals surface area contributed by atoms with E-state index in [4.69, 9.17) is 4.74 Å². The van der Waals surface area contributed by atoms with Crippen LogP contribution in [0.15, 0.2) is 18.6 Å². The second kappa shape index (κ2) is 8.96. The molecule has 0 radical (unpaired) electrons. The first-order chi connectivity index (χ1) is 13.7. The maximum atomic E-state index is 12.7. The van der Waals surface area contributed by atoms with Gasteiger partial charge in [0.1, 0.15) is 5.69 Å². The number of nitrogens with one attached hydrogen (secondary N) is 1. The SMILES string of the molecule is O=C(NC[C@@H]1CC[C@H](CC(=O)N2CCOCC2)N1CC1CC1)c1cnccn1. The molecule has 2 saturated heterocycles. The third-order valence-corrected chi connectivity index (χ3v) is 6.01. The molecule has 0 spiro atoms. The van der Waals surface area contributed by atoms with Gasteiger partial charge in [-0.05, 0) is 31.6 Å². The van der Waals surface area contributed by atoms with Crippen molar-refractivity contribution < 1.29 is 14.3 Å². The minimum absolute atomic E-state index is 0.188. The Morgan fingerprint density at radius 2 is 1.89 bits per heavy atom. The van der Waals surface area contributed by atoms with Gasteiger partial charge in [0, 0.05) is 57.1 Å². The topological polar surface area (TPSA) is 87.7 Å². The first-order valence-corrected chi connectivity index (χ1v) is 10.4. The summed E-state index contributed by atoms with van der Waals surface area (Å²) < 4.78 is 5.36. The normalized spacial score (nSPS) is 25.6. The molecule has 1 aromatic rings. The Balaban J connectivity index is 1.33. The maximum Gasteiger partial charge on any atom is 0.271 e. The fraction of sp³-hybridized carbons (Fsp3) is 0.700. The number of carbonyl (C=O) groups is 2. The van der Waals surface area contributed by atoms with Crippen LogP contribution in [-0.2, 0) is 9.53 Å². The summed E-state index contributed by atoms with van der Waals surface area (Å²) in [4.78, 5) is 37.4. The molecule has 4 rings (SSSR count). The van der Waals surface area contributed by atoms with E-state index in [0.29, 0.717) is 45.0 Å². The lowest BCUT2D eigenvalue weighted by atomic mass is 10.1. The average molecular weight is 387 g/mol. The van der Waals surface area contributed by atoms with E-state index < -0.39 is 0 Å². The van der Waals surface area contributed by atoms with E-state index in [1.54, 1.807) is 6.20 Å². The molecule has 28 heavy (non-hydrogen) atoms. The quantitative estimate of drug-likeness (QED) is 0.741. The summed E-state index contributed by atoms with van der Waals surface area (Å²) in [6.07, 6.45) is 9.71. The van der Waals surface area contributed by atoms with Gasteiger partial charge in [-0.25, -0.2) is 4.98 Å². The van der Waals surface area contributed by atoms with E-state index in [1.807, 2.05) is 4.90 Å². The van der Waals surface area contributed by atoms with Gasteiger partial charge in [-0.3, -0.25) is 19.5 Å². The molecule has 8 heteroatoms. The van der Waals surface area contributed by atoms with Crippen LogP contribution in [0.4, 0.5) is 0 Å². The molecule has 3 fully saturated rings. The second-order valence-electron chi connectivity index (χ2n) is 8.02. The van der Waals surface area contributed by atoms with Crippen molar-refractivity contribution in [3.8, 4) is 0 Å². The molecule has 3 aliphatic rings. The van der Waals surface area contributed by atoms with E-state index in [-0.39, 0.29) is 23.9 Å². The Hall–Kier alpha value is -2.06. The Labute approximate surface area is 165 Å². The summed E-state index contributed by atoms with van der Waals surface area (Å²) >= 11 is 0. The molecule has 0 aromatic carbocycles. The highest BCUT2D eigenvalue weighted by Crippen LogP contribution is 2.35. The van der Waals surface area contributed by atoms with Gasteiger partial charge in [-0.1, -0.05) is 0 Å². The molecule has 3 heterocycles. The molecule has 1 aliphatic carbocycles. The van der Waals surface area contributed by atoms with E-state index >= 15 is 0 Å². The van der Waals surface area contributed by atoms with Crippen LogP contribution in [0, 0.1) is 5.92 Å². The van der Waals surface area contributed by atoms with E-state index in [0.717, 1.165) is 25.3 Å². The van der Waals surface area contributed by atoms with Gasteiger partial charge in [0.05, 0.1) is 19.4 Å². The summed E-state index contributed by atoms with van der Waals surface area (Å²) in [5.74, 6) is 0.794. The monoisotopic (exact) mass is 387 g/mol. The molecule has 2 atom stereocenters. The number of morpholine rings is 1. The lowest BCUT2D eigenvalue weighted by molar-refractivity contribution is -0.136. The van der Waals surface area contributed by atoms with Crippen LogP contribution in [-0.4, -0.2) is 83.1 Å². The number of amides is 2. The standard InChI is InChI=1S/C20H29N5O3/c26-19(24-7-9-28-10-8-24)11-16-3-4-17(25(16)14-15-1-2-15)12-23-20(27)18-13-21-5-6-22-18/h5-6,13,15-17H,1-4,7-12,14H2,(H,23,27)/t16-,17+/m1/s1. The highest BCUT2D eigenvalue weighted by atomic mass is 16.5. The molecule has 1 saturated carbocycles. The third kappa shape index (κ3) is 4.86. The summed E-state index contributed by atoms with van der Waals surface area (Å²) in [7, 11) is 0. The molecule has 2 aliphatic heterocycles. The fourth-order valence-corrected chi connectivity index (χ4v) is 4.21. The van der Waals surface area contributed by atoms with Crippen molar-refractivity contribution in [2.24, 2.45) is 5.92 Å². The van der Waals surface area contributed by atoms with Crippen LogP contribution in [0.5, 0.6) is 0 Å². The number of likely N-dealkylation sites (tertiary alicyclic amines) is 1. The van der Waals surface area contributed by atoms with Crippen molar-refractivity contribution in [3.63, 3.8) is 0 Å². The molecular weight excluding hydrogens is 358 g/mol. The predicted octanol–water partition coefficient (Wildman–Crippen LogP) is 0.698. The zero-order chi connectivity index (χ0) is 19.3. The number of carbonyl (C=O) groups excluding carboxylic acids is 2. The molecular formula is C20H29N5O3. The third-order valence-electron chi connectivity index (χ3n) is 6.01. The molecule has 1 N–H and O–H groups in total. The van der Waals surface area contributed by atoms with Crippen molar-refractivity contribution >= 4 is 11.8 Å². The average Bonchev–Trinajstić information content (AvgIpc) is 3.49. The molecule has 0 unspecified atom stereocenters. The van der Waals surface area contributed by atoms with Crippen LogP contribution in [0.1, 0.15) is 42.6 Å². The lowest BCUT2D eigenvalue weighted by Gasteiger charge is -2.33. The second-order valence-corrected chi connectivity index (χ2v) is 8.02. The molecule has 2 amide bonds. The Morgan fingerprint density at radius 1 is 1.11 bits per heavy atom. The van der Waals surface area contributed by atoms with E-state index in [9.17, 15) is 9.59 Å². The summed E-state index contributed by atoms with van der Waals surface area (Å²) in [5, 5.41) is 3.01. The van der Waals surface area contributed by atoms with Gasteiger partial charge < -0.3 is 15.0 Å². The number of ether oxygens (including phenoxy) is 1. The van der Waals surface area contributed by atoms with Crippen molar-refractivity contribution in [2.45, 2.75) is 44.2 Å². The fourth-order valence-electron chi connectivity index (χ4n) is 4.21. The smallest absolute Gasteiger partial charge is 0.271 e. The van der Waals surface area contributed by atoms with Crippen LogP contribution in [0.2, 0.25) is 0 Å². The Morgan fingerprint density at radius 3 is 2.61 bits per heavy atom. The van der Waals surface area contributed by atoms with Gasteiger partial charge in [-0.2, -0.15) is 0 Å². The summed E-state index contributed by atoms with van der Waals surface area (Å²) in [6.45, 7) is 4.30. The molecule has 152 valence electrons.